The average Bonchev–Trinajstić information content (AvgIpc) is 3.26. The minimum absolute atomic E-state index is 0.0247. The molecule has 256 valence electrons. The van der Waals surface area contributed by atoms with Crippen LogP contribution in [-0.2, 0) is 18.7 Å². The van der Waals surface area contributed by atoms with Gasteiger partial charge < -0.3 is 18.8 Å². The number of allylic oxidation sites excluding steroid dienone is 2. The lowest BCUT2D eigenvalue weighted by molar-refractivity contribution is -0.152. The first-order chi connectivity index (χ1) is 21.2. The first-order valence-corrected chi connectivity index (χ1v) is 20.6. The van der Waals surface area contributed by atoms with Crippen molar-refractivity contribution in [2.75, 3.05) is 26.2 Å². The van der Waals surface area contributed by atoms with Crippen LogP contribution in [0.25, 0.3) is 0 Å². The quantitative estimate of drug-likeness (QED) is 0.0908. The molecule has 5 atom stereocenters. The Hall–Kier alpha value is -1.90. The number of cyclic esters (lactones) is 1. The van der Waals surface area contributed by atoms with Gasteiger partial charge in [-0.1, -0.05) is 90.7 Å². The fourth-order valence-electron chi connectivity index (χ4n) is 6.57. The molecule has 0 spiro atoms. The summed E-state index contributed by atoms with van der Waals surface area (Å²) in [5.41, 5.74) is 1.10. The van der Waals surface area contributed by atoms with Gasteiger partial charge in [0.2, 0.25) is 0 Å². The lowest BCUT2D eigenvalue weighted by atomic mass is 9.92. The lowest BCUT2D eigenvalue weighted by Gasteiger charge is -2.40. The summed E-state index contributed by atoms with van der Waals surface area (Å²) in [6, 6.07) is 0.662. The van der Waals surface area contributed by atoms with Gasteiger partial charge in [0.05, 0.1) is 12.5 Å². The number of carbonyl (C=O) groups is 2. The highest BCUT2D eigenvalue weighted by Crippen LogP contribution is 2.39. The van der Waals surface area contributed by atoms with Crippen molar-refractivity contribution in [3.63, 3.8) is 0 Å². The molecule has 0 aromatic carbocycles. The summed E-state index contributed by atoms with van der Waals surface area (Å²) in [6.45, 7) is 24.5. The maximum Gasteiger partial charge on any atom is 0.410 e. The van der Waals surface area contributed by atoms with Gasteiger partial charge >= 0.3 is 12.1 Å². The second-order valence-corrected chi connectivity index (χ2v) is 20.3. The number of esters is 1. The fraction of sp³-hybridized carbons (Fsp3) is 0.784. The molecule has 3 aliphatic rings. The summed E-state index contributed by atoms with van der Waals surface area (Å²) in [4.78, 5) is 31.4. The number of amides is 1. The number of hydrogen-bond acceptors (Lipinski definition) is 6. The Labute approximate surface area is 275 Å². The molecule has 8 heteroatoms. The third-order valence-corrected chi connectivity index (χ3v) is 15.3. The maximum atomic E-state index is 13.5. The molecule has 0 aromatic rings. The van der Waals surface area contributed by atoms with Gasteiger partial charge in [-0.15, -0.1) is 0 Å². The zero-order valence-electron chi connectivity index (χ0n) is 29.8. The molecule has 7 nitrogen and oxygen atoms in total. The molecule has 4 unspecified atom stereocenters. The Morgan fingerprint density at radius 1 is 1.02 bits per heavy atom. The predicted octanol–water partition coefficient (Wildman–Crippen LogP) is 8.67. The number of hydrogen-bond donors (Lipinski definition) is 0. The molecular formula is C37H64N2O5Si. The topological polar surface area (TPSA) is 68.3 Å². The average molecular weight is 645 g/mol. The van der Waals surface area contributed by atoms with Gasteiger partial charge in [0.15, 0.2) is 8.32 Å². The Balaban J connectivity index is 1.76. The molecule has 45 heavy (non-hydrogen) atoms. The second-order valence-electron chi connectivity index (χ2n) is 15.5. The van der Waals surface area contributed by atoms with Gasteiger partial charge in [-0.25, -0.2) is 4.79 Å². The third-order valence-electron chi connectivity index (χ3n) is 10.7. The van der Waals surface area contributed by atoms with Crippen molar-refractivity contribution in [1.82, 2.24) is 9.80 Å². The van der Waals surface area contributed by atoms with Gasteiger partial charge in [-0.05, 0) is 62.7 Å². The minimum atomic E-state index is -2.13. The molecule has 2 aliphatic heterocycles. The van der Waals surface area contributed by atoms with E-state index in [1.54, 1.807) is 6.08 Å². The van der Waals surface area contributed by atoms with E-state index in [0.29, 0.717) is 32.0 Å². The minimum Gasteiger partial charge on any atom is -0.461 e. The standard InChI is InChI=1S/C37H64N2O5Si/c1-10-15-28(2)26-34-30(4)19-21-33(29(3)18-20-32(27-35(40)42-34)44-45(8,9)37(5,6)7)43-36(41)39-24-22-38(23-25-39)31-16-13-11-12-14-17-31/h10,15,19,21,29-34H,1,11-14,16-18,20,22-27H2,2-9H3/b21-19+,28-15+/t29?,30?,32?,33-,34?/m0/s1. The van der Waals surface area contributed by atoms with Crippen LogP contribution in [0.3, 0.4) is 0 Å². The summed E-state index contributed by atoms with van der Waals surface area (Å²) < 4.78 is 19.2. The molecule has 0 N–H and O–H groups in total. The molecule has 0 bridgehead atoms. The lowest BCUT2D eigenvalue weighted by Crippen LogP contribution is -2.52. The van der Waals surface area contributed by atoms with Crippen molar-refractivity contribution >= 4 is 20.4 Å². The van der Waals surface area contributed by atoms with Crippen LogP contribution in [0, 0.1) is 11.8 Å². The number of piperazine rings is 1. The number of ether oxygens (including phenoxy) is 2. The Morgan fingerprint density at radius 3 is 2.27 bits per heavy atom. The van der Waals surface area contributed by atoms with Crippen LogP contribution >= 0.6 is 0 Å². The summed E-state index contributed by atoms with van der Waals surface area (Å²) in [5.74, 6) is -0.195. The Kier molecular flexibility index (Phi) is 14.4. The van der Waals surface area contributed by atoms with Crippen molar-refractivity contribution in [2.24, 2.45) is 11.8 Å². The zero-order valence-corrected chi connectivity index (χ0v) is 30.8. The van der Waals surface area contributed by atoms with E-state index in [4.69, 9.17) is 13.9 Å². The molecule has 0 aromatic heterocycles. The van der Waals surface area contributed by atoms with Crippen molar-refractivity contribution in [3.05, 3.63) is 36.5 Å². The van der Waals surface area contributed by atoms with E-state index in [-0.39, 0.29) is 53.7 Å². The molecule has 2 fully saturated rings. The number of carbonyl (C=O) groups excluding carboxylic acids is 2. The van der Waals surface area contributed by atoms with E-state index in [0.717, 1.165) is 25.1 Å². The van der Waals surface area contributed by atoms with Crippen molar-refractivity contribution in [3.8, 4) is 0 Å². The van der Waals surface area contributed by atoms with E-state index < -0.39 is 8.32 Å². The van der Waals surface area contributed by atoms with Crippen LogP contribution in [0.2, 0.25) is 18.1 Å². The van der Waals surface area contributed by atoms with Crippen LogP contribution in [0.15, 0.2) is 36.5 Å². The van der Waals surface area contributed by atoms with E-state index in [2.05, 4.69) is 65.3 Å². The zero-order chi connectivity index (χ0) is 33.2. The monoisotopic (exact) mass is 644 g/mol. The van der Waals surface area contributed by atoms with Gasteiger partial charge in [-0.2, -0.15) is 0 Å². The van der Waals surface area contributed by atoms with Crippen molar-refractivity contribution in [2.45, 2.75) is 148 Å². The van der Waals surface area contributed by atoms with E-state index in [1.807, 2.05) is 24.0 Å². The molecular weight excluding hydrogens is 581 g/mol. The summed E-state index contributed by atoms with van der Waals surface area (Å²) >= 11 is 0. The SMILES string of the molecule is C=C/C=C(\C)CC1OC(=O)CC(O[Si](C)(C)C(C)(C)C)CCC(C)[C@@H](OC(=O)N2CCN(C3CCCCCC3)CC2)/C=C/C1C. The van der Waals surface area contributed by atoms with Gasteiger partial charge in [0.25, 0.3) is 0 Å². The molecule has 3 rings (SSSR count). The highest BCUT2D eigenvalue weighted by molar-refractivity contribution is 6.74. The van der Waals surface area contributed by atoms with Crippen molar-refractivity contribution in [1.29, 1.82) is 0 Å². The fourth-order valence-corrected chi connectivity index (χ4v) is 7.96. The normalized spacial score (nSPS) is 30.0. The Morgan fingerprint density at radius 2 is 1.67 bits per heavy atom. The van der Waals surface area contributed by atoms with E-state index >= 15 is 0 Å². The van der Waals surface area contributed by atoms with Crippen molar-refractivity contribution < 1.29 is 23.5 Å². The van der Waals surface area contributed by atoms with E-state index in [9.17, 15) is 9.59 Å². The summed E-state index contributed by atoms with van der Waals surface area (Å²) in [6.07, 6.45) is 16.9. The summed E-state index contributed by atoms with van der Waals surface area (Å²) in [5, 5.41) is 0.0247. The molecule has 1 amide bonds. The number of rotatable bonds is 7. The highest BCUT2D eigenvalue weighted by atomic mass is 28.4. The maximum absolute atomic E-state index is 13.5. The van der Waals surface area contributed by atoms with Gasteiger partial charge in [0.1, 0.15) is 12.2 Å². The van der Waals surface area contributed by atoms with Gasteiger partial charge in [0, 0.05) is 44.6 Å². The van der Waals surface area contributed by atoms with Crippen LogP contribution in [0.5, 0.6) is 0 Å². The molecule has 1 saturated heterocycles. The van der Waals surface area contributed by atoms with Crippen LogP contribution in [0.4, 0.5) is 4.79 Å². The Bertz CT molecular complexity index is 1020. The first-order valence-electron chi connectivity index (χ1n) is 17.7. The van der Waals surface area contributed by atoms with Crippen LogP contribution in [0.1, 0.15) is 106 Å². The summed E-state index contributed by atoms with van der Waals surface area (Å²) in [7, 11) is -2.13. The van der Waals surface area contributed by atoms with E-state index in [1.165, 1.54) is 38.5 Å². The molecule has 1 aliphatic carbocycles. The van der Waals surface area contributed by atoms with Gasteiger partial charge in [-0.3, -0.25) is 9.69 Å². The van der Waals surface area contributed by atoms with Crippen LogP contribution in [-0.4, -0.2) is 80.7 Å². The smallest absolute Gasteiger partial charge is 0.410 e. The first kappa shape index (κ1) is 37.6. The predicted molar refractivity (Wildman–Crippen MR) is 187 cm³/mol. The molecule has 1 saturated carbocycles. The third kappa shape index (κ3) is 11.7. The highest BCUT2D eigenvalue weighted by Gasteiger charge is 2.40. The molecule has 0 radical (unpaired) electrons. The van der Waals surface area contributed by atoms with Crippen LogP contribution < -0.4 is 0 Å². The second kappa shape index (κ2) is 17.3. The number of nitrogens with zero attached hydrogens (tertiary/aromatic N) is 2. The molecule has 2 heterocycles. The largest absolute Gasteiger partial charge is 0.461 e.